The minimum absolute atomic E-state index is 0.134. The minimum atomic E-state index is -0.750. The van der Waals surface area contributed by atoms with Gasteiger partial charge in [-0.05, 0) is 32.6 Å². The average Bonchev–Trinajstić information content (AvgIpc) is 2.18. The van der Waals surface area contributed by atoms with Crippen molar-refractivity contribution in [3.63, 3.8) is 0 Å². The quantitative estimate of drug-likeness (QED) is 0.571. The van der Waals surface area contributed by atoms with Crippen LogP contribution < -0.4 is 0 Å². The van der Waals surface area contributed by atoms with Crippen LogP contribution in [0.1, 0.15) is 32.6 Å². The third-order valence-electron chi connectivity index (χ3n) is 2.65. The van der Waals surface area contributed by atoms with Crippen molar-refractivity contribution < 1.29 is 19.4 Å². The predicted octanol–water partition coefficient (Wildman–Crippen LogP) is 1.75. The van der Waals surface area contributed by atoms with Crippen molar-refractivity contribution in [2.45, 2.75) is 38.7 Å². The van der Waals surface area contributed by atoms with Crippen LogP contribution in [-0.4, -0.2) is 23.1 Å². The van der Waals surface area contributed by atoms with E-state index in [0.717, 1.165) is 0 Å². The molecule has 0 radical (unpaired) electrons. The van der Waals surface area contributed by atoms with Crippen LogP contribution in [0, 0.1) is 5.92 Å². The molecule has 0 heterocycles. The molecule has 0 aromatic rings. The van der Waals surface area contributed by atoms with E-state index in [-0.39, 0.29) is 18.0 Å². The van der Waals surface area contributed by atoms with E-state index in [1.807, 2.05) is 0 Å². The Labute approximate surface area is 88.9 Å². The van der Waals surface area contributed by atoms with Gasteiger partial charge in [-0.2, -0.15) is 0 Å². The molecule has 1 fully saturated rings. The molecule has 15 heavy (non-hydrogen) atoms. The zero-order valence-corrected chi connectivity index (χ0v) is 8.86. The fraction of sp³-hybridized carbons (Fsp3) is 0.636. The monoisotopic (exact) mass is 212 g/mol. The molecule has 0 spiro atoms. The zero-order chi connectivity index (χ0) is 11.4. The van der Waals surface area contributed by atoms with Crippen molar-refractivity contribution in [3.8, 4) is 0 Å². The van der Waals surface area contributed by atoms with Gasteiger partial charge < -0.3 is 9.84 Å². The Hall–Kier alpha value is -1.32. The molecule has 1 aliphatic rings. The Morgan fingerprint density at radius 2 is 1.80 bits per heavy atom. The maximum Gasteiger partial charge on any atom is 0.333 e. The van der Waals surface area contributed by atoms with Gasteiger partial charge in [0.15, 0.2) is 0 Å². The van der Waals surface area contributed by atoms with Crippen molar-refractivity contribution in [2.24, 2.45) is 5.92 Å². The van der Waals surface area contributed by atoms with Gasteiger partial charge in [-0.1, -0.05) is 6.58 Å². The van der Waals surface area contributed by atoms with Crippen LogP contribution in [0.5, 0.6) is 0 Å². The van der Waals surface area contributed by atoms with Crippen molar-refractivity contribution in [3.05, 3.63) is 12.2 Å². The van der Waals surface area contributed by atoms with Gasteiger partial charge in [0, 0.05) is 5.57 Å². The van der Waals surface area contributed by atoms with E-state index in [1.54, 1.807) is 6.92 Å². The lowest BCUT2D eigenvalue weighted by atomic mass is 9.87. The number of hydrogen-bond donors (Lipinski definition) is 1. The Kier molecular flexibility index (Phi) is 3.88. The van der Waals surface area contributed by atoms with Gasteiger partial charge in [0.25, 0.3) is 0 Å². The number of carbonyl (C=O) groups is 2. The number of esters is 1. The summed E-state index contributed by atoms with van der Waals surface area (Å²) in [6.45, 7) is 5.10. The van der Waals surface area contributed by atoms with Gasteiger partial charge in [0.1, 0.15) is 6.10 Å². The molecule has 84 valence electrons. The number of aliphatic carboxylic acids is 1. The lowest BCUT2D eigenvalue weighted by Crippen LogP contribution is -2.27. The smallest absolute Gasteiger partial charge is 0.333 e. The molecule has 0 aromatic carbocycles. The number of carbonyl (C=O) groups excluding carboxylic acids is 1. The van der Waals surface area contributed by atoms with E-state index in [2.05, 4.69) is 6.58 Å². The molecule has 0 atom stereocenters. The molecule has 1 aliphatic carbocycles. The van der Waals surface area contributed by atoms with Gasteiger partial charge >= 0.3 is 11.9 Å². The summed E-state index contributed by atoms with van der Waals surface area (Å²) in [5.74, 6) is -1.40. The van der Waals surface area contributed by atoms with Crippen LogP contribution in [0.2, 0.25) is 0 Å². The van der Waals surface area contributed by atoms with Crippen molar-refractivity contribution in [2.75, 3.05) is 0 Å². The van der Waals surface area contributed by atoms with E-state index < -0.39 is 5.97 Å². The highest BCUT2D eigenvalue weighted by atomic mass is 16.5. The molecule has 0 aliphatic heterocycles. The zero-order valence-electron chi connectivity index (χ0n) is 8.86. The molecule has 0 saturated heterocycles. The standard InChI is InChI=1S/C11H16O4/c1-7(2)11(14)15-9-5-3-8(4-6-9)10(12)13/h8-9H,1,3-6H2,2H3,(H,12,13). The van der Waals surface area contributed by atoms with E-state index in [0.29, 0.717) is 31.3 Å². The fourth-order valence-electron chi connectivity index (χ4n) is 1.68. The summed E-state index contributed by atoms with van der Waals surface area (Å²) in [7, 11) is 0. The fourth-order valence-corrected chi connectivity index (χ4v) is 1.68. The number of ether oxygens (including phenoxy) is 1. The first-order chi connectivity index (χ1) is 7.00. The van der Waals surface area contributed by atoms with Crippen molar-refractivity contribution in [1.82, 2.24) is 0 Å². The van der Waals surface area contributed by atoms with Crippen LogP contribution in [0.3, 0.4) is 0 Å². The summed E-state index contributed by atoms with van der Waals surface area (Å²) < 4.78 is 5.15. The van der Waals surface area contributed by atoms with Gasteiger partial charge in [-0.25, -0.2) is 4.79 Å². The van der Waals surface area contributed by atoms with Gasteiger partial charge in [-0.15, -0.1) is 0 Å². The summed E-state index contributed by atoms with van der Waals surface area (Å²) in [4.78, 5) is 21.9. The molecular weight excluding hydrogens is 196 g/mol. The largest absolute Gasteiger partial charge is 0.481 e. The van der Waals surface area contributed by atoms with E-state index in [9.17, 15) is 9.59 Å². The topological polar surface area (TPSA) is 63.6 Å². The third-order valence-corrected chi connectivity index (χ3v) is 2.65. The second-order valence-electron chi connectivity index (χ2n) is 4.00. The predicted molar refractivity (Wildman–Crippen MR) is 54.3 cm³/mol. The normalized spacial score (nSPS) is 25.7. The van der Waals surface area contributed by atoms with Crippen LogP contribution in [0.4, 0.5) is 0 Å². The first-order valence-electron chi connectivity index (χ1n) is 5.10. The van der Waals surface area contributed by atoms with Crippen molar-refractivity contribution >= 4 is 11.9 Å². The highest BCUT2D eigenvalue weighted by Gasteiger charge is 2.27. The molecule has 1 saturated carbocycles. The van der Waals surface area contributed by atoms with Crippen LogP contribution in [0.15, 0.2) is 12.2 Å². The average molecular weight is 212 g/mol. The molecule has 0 bridgehead atoms. The molecule has 0 unspecified atom stereocenters. The molecule has 4 heteroatoms. The van der Waals surface area contributed by atoms with E-state index in [4.69, 9.17) is 9.84 Å². The molecule has 0 amide bonds. The molecular formula is C11H16O4. The highest BCUT2D eigenvalue weighted by molar-refractivity contribution is 5.87. The minimum Gasteiger partial charge on any atom is -0.481 e. The Morgan fingerprint density at radius 1 is 1.27 bits per heavy atom. The van der Waals surface area contributed by atoms with E-state index in [1.165, 1.54) is 0 Å². The maximum absolute atomic E-state index is 11.2. The van der Waals surface area contributed by atoms with Gasteiger partial charge in [0.05, 0.1) is 5.92 Å². The number of rotatable bonds is 3. The summed E-state index contributed by atoms with van der Waals surface area (Å²) in [6.07, 6.45) is 2.31. The summed E-state index contributed by atoms with van der Waals surface area (Å²) in [5, 5.41) is 8.77. The number of carboxylic acids is 1. The maximum atomic E-state index is 11.2. The lowest BCUT2D eigenvalue weighted by molar-refractivity contribution is -0.148. The molecule has 1 rings (SSSR count). The number of hydrogen-bond acceptors (Lipinski definition) is 3. The van der Waals surface area contributed by atoms with Gasteiger partial charge in [0.2, 0.25) is 0 Å². The summed E-state index contributed by atoms with van der Waals surface area (Å²) >= 11 is 0. The number of carboxylic acid groups (broad SMARTS) is 1. The summed E-state index contributed by atoms with van der Waals surface area (Å²) in [6, 6.07) is 0. The first-order valence-corrected chi connectivity index (χ1v) is 5.10. The third kappa shape index (κ3) is 3.38. The van der Waals surface area contributed by atoms with Crippen LogP contribution in [-0.2, 0) is 14.3 Å². The Balaban J connectivity index is 2.35. The first kappa shape index (κ1) is 11.8. The Morgan fingerprint density at radius 3 is 2.20 bits per heavy atom. The summed E-state index contributed by atoms with van der Waals surface area (Å²) in [5.41, 5.74) is 0.385. The SMILES string of the molecule is C=C(C)C(=O)OC1CCC(C(=O)O)CC1. The highest BCUT2D eigenvalue weighted by Crippen LogP contribution is 2.26. The van der Waals surface area contributed by atoms with Crippen LogP contribution in [0.25, 0.3) is 0 Å². The molecule has 0 aromatic heterocycles. The Bertz CT molecular complexity index is 274. The molecule has 1 N–H and O–H groups in total. The second-order valence-corrected chi connectivity index (χ2v) is 4.00. The second kappa shape index (κ2) is 4.96. The van der Waals surface area contributed by atoms with Crippen LogP contribution >= 0.6 is 0 Å². The van der Waals surface area contributed by atoms with E-state index >= 15 is 0 Å². The van der Waals surface area contributed by atoms with Gasteiger partial charge in [-0.3, -0.25) is 4.79 Å². The molecule has 4 nitrogen and oxygen atoms in total. The lowest BCUT2D eigenvalue weighted by Gasteiger charge is -2.25. The van der Waals surface area contributed by atoms with Crippen molar-refractivity contribution in [1.29, 1.82) is 0 Å².